The number of nitrogens with zero attached hydrogens (tertiary/aromatic N) is 3. The number of aryl methyl sites for hydroxylation is 1. The fourth-order valence-electron chi connectivity index (χ4n) is 4.13. The lowest BCUT2D eigenvalue weighted by atomic mass is 9.84. The molecule has 3 aromatic rings. The van der Waals surface area contributed by atoms with Gasteiger partial charge in [0.25, 0.3) is 0 Å². The molecule has 0 spiro atoms. The van der Waals surface area contributed by atoms with Crippen LogP contribution in [0.5, 0.6) is 5.75 Å². The van der Waals surface area contributed by atoms with Crippen molar-refractivity contribution in [3.8, 4) is 17.0 Å². The van der Waals surface area contributed by atoms with E-state index in [9.17, 15) is 18.3 Å². The Labute approximate surface area is 202 Å². The summed E-state index contributed by atoms with van der Waals surface area (Å²) in [6, 6.07) is 4.58. The Balaban J connectivity index is 1.71. The molecular formula is C22H28N4O6S2. The Bertz CT molecular complexity index is 1320. The molecule has 1 saturated carbocycles. The topological polar surface area (TPSA) is 132 Å². The first kappa shape index (κ1) is 24.6. The predicted molar refractivity (Wildman–Crippen MR) is 127 cm³/mol. The van der Waals surface area contributed by atoms with Gasteiger partial charge in [0.2, 0.25) is 20.0 Å². The highest BCUT2D eigenvalue weighted by molar-refractivity contribution is 7.89. The van der Waals surface area contributed by atoms with E-state index >= 15 is 0 Å². The van der Waals surface area contributed by atoms with E-state index in [4.69, 9.17) is 9.47 Å². The summed E-state index contributed by atoms with van der Waals surface area (Å²) in [6.07, 6.45) is 2.14. The molecule has 0 bridgehead atoms. The maximum Gasteiger partial charge on any atom is 0.369 e. The van der Waals surface area contributed by atoms with Crippen molar-refractivity contribution in [3.05, 3.63) is 28.9 Å². The Kier molecular flexibility index (Phi) is 6.69. The van der Waals surface area contributed by atoms with Crippen LogP contribution in [0.25, 0.3) is 16.2 Å². The lowest BCUT2D eigenvalue weighted by Crippen LogP contribution is -2.42. The van der Waals surface area contributed by atoms with E-state index in [0.717, 1.165) is 11.3 Å². The molecule has 1 aliphatic rings. The SMILES string of the molecule is CCOC(=O)c1nn2c(-c3ccc(OC)c(S(=O)(=O)N[C@H]4CC[C@@](C)(O)CC4)c3)c(C)nc2s1. The second kappa shape index (κ2) is 9.25. The molecule has 1 aliphatic carbocycles. The van der Waals surface area contributed by atoms with Crippen LogP contribution >= 0.6 is 11.3 Å². The zero-order valence-electron chi connectivity index (χ0n) is 19.5. The van der Waals surface area contributed by atoms with Crippen molar-refractivity contribution in [1.82, 2.24) is 19.3 Å². The van der Waals surface area contributed by atoms with Crippen molar-refractivity contribution in [2.45, 2.75) is 63.0 Å². The van der Waals surface area contributed by atoms with Crippen LogP contribution in [0, 0.1) is 6.92 Å². The number of aliphatic hydroxyl groups is 1. The van der Waals surface area contributed by atoms with Crippen molar-refractivity contribution in [2.24, 2.45) is 0 Å². The molecule has 0 amide bonds. The van der Waals surface area contributed by atoms with Crippen molar-refractivity contribution < 1.29 is 27.8 Å². The number of benzene rings is 1. The summed E-state index contributed by atoms with van der Waals surface area (Å²) in [5, 5.41) is 14.7. The minimum atomic E-state index is -3.91. The number of methoxy groups -OCH3 is 1. The molecule has 0 atom stereocenters. The number of nitrogens with one attached hydrogen (secondary N) is 1. The van der Waals surface area contributed by atoms with Gasteiger partial charge in [-0.25, -0.2) is 27.4 Å². The number of fused-ring (bicyclic) bond motifs is 1. The van der Waals surface area contributed by atoms with Crippen molar-refractivity contribution >= 4 is 32.3 Å². The van der Waals surface area contributed by atoms with Crippen LogP contribution in [0.3, 0.4) is 0 Å². The maximum absolute atomic E-state index is 13.3. The average Bonchev–Trinajstić information content (AvgIpc) is 3.31. The Hall–Kier alpha value is -2.54. The number of esters is 1. The third-order valence-corrected chi connectivity index (χ3v) is 8.37. The number of carbonyl (C=O) groups excluding carboxylic acids is 1. The number of sulfonamides is 1. The fourth-order valence-corrected chi connectivity index (χ4v) is 6.47. The van der Waals surface area contributed by atoms with Crippen molar-refractivity contribution in [3.63, 3.8) is 0 Å². The molecular weight excluding hydrogens is 480 g/mol. The number of carbonyl (C=O) groups is 1. The van der Waals surface area contributed by atoms with Crippen LogP contribution in [0.1, 0.15) is 55.0 Å². The monoisotopic (exact) mass is 508 g/mol. The minimum Gasteiger partial charge on any atom is -0.495 e. The normalized spacial score (nSPS) is 21.0. The van der Waals surface area contributed by atoms with Gasteiger partial charge in [-0.15, -0.1) is 5.10 Å². The van der Waals surface area contributed by atoms with Crippen LogP contribution in [0.15, 0.2) is 23.1 Å². The molecule has 0 saturated heterocycles. The van der Waals surface area contributed by atoms with Crippen LogP contribution in [0.2, 0.25) is 0 Å². The third kappa shape index (κ3) is 4.81. The summed E-state index contributed by atoms with van der Waals surface area (Å²) in [7, 11) is -2.50. The summed E-state index contributed by atoms with van der Waals surface area (Å²) >= 11 is 1.11. The number of hydrogen-bond donors (Lipinski definition) is 2. The zero-order valence-corrected chi connectivity index (χ0v) is 21.1. The average molecular weight is 509 g/mol. The van der Waals surface area contributed by atoms with Gasteiger partial charge >= 0.3 is 5.97 Å². The largest absolute Gasteiger partial charge is 0.495 e. The highest BCUT2D eigenvalue weighted by atomic mass is 32.2. The van der Waals surface area contributed by atoms with Gasteiger partial charge in [-0.05, 0) is 64.7 Å². The van der Waals surface area contributed by atoms with Gasteiger partial charge in [-0.2, -0.15) is 0 Å². The summed E-state index contributed by atoms with van der Waals surface area (Å²) in [5.41, 5.74) is 1.03. The number of ether oxygens (including phenoxy) is 2. The molecule has 12 heteroatoms. The van der Waals surface area contributed by atoms with E-state index < -0.39 is 21.6 Å². The standard InChI is InChI=1S/C22H28N4O6S2/c1-5-32-20(27)19-24-26-18(13(2)23-21(26)33-19)14-6-7-16(31-4)17(12-14)34(29,30)25-15-8-10-22(3,28)11-9-15/h6-7,12,15,25,28H,5,8-11H2,1-4H3/t15-,22+. The van der Waals surface area contributed by atoms with Crippen LogP contribution in [-0.4, -0.2) is 59.5 Å². The maximum atomic E-state index is 13.3. The lowest BCUT2D eigenvalue weighted by Gasteiger charge is -2.33. The molecule has 2 aromatic heterocycles. The van der Waals surface area contributed by atoms with E-state index in [1.807, 2.05) is 0 Å². The lowest BCUT2D eigenvalue weighted by molar-refractivity contribution is 0.0163. The first-order valence-corrected chi connectivity index (χ1v) is 13.3. The molecule has 0 radical (unpaired) electrons. The van der Waals surface area contributed by atoms with E-state index in [0.29, 0.717) is 47.6 Å². The number of aromatic nitrogens is 3. The molecule has 0 aliphatic heterocycles. The Morgan fingerprint density at radius 3 is 2.71 bits per heavy atom. The number of rotatable bonds is 7. The third-order valence-electron chi connectivity index (χ3n) is 5.94. The van der Waals surface area contributed by atoms with Crippen LogP contribution in [0.4, 0.5) is 0 Å². The second-order valence-corrected chi connectivity index (χ2v) is 11.3. The molecule has 0 unspecified atom stereocenters. The van der Waals surface area contributed by atoms with Gasteiger partial charge in [0.15, 0.2) is 0 Å². The quantitative estimate of drug-likeness (QED) is 0.466. The first-order valence-electron chi connectivity index (χ1n) is 11.0. The van der Waals surface area contributed by atoms with Gasteiger partial charge in [0.05, 0.1) is 30.7 Å². The van der Waals surface area contributed by atoms with E-state index in [2.05, 4.69) is 14.8 Å². The summed E-state index contributed by atoms with van der Waals surface area (Å²) in [5.74, 6) is -0.321. The molecule has 34 heavy (non-hydrogen) atoms. The molecule has 1 fully saturated rings. The van der Waals surface area contributed by atoms with Crippen LogP contribution < -0.4 is 9.46 Å². The highest BCUT2D eigenvalue weighted by Gasteiger charge is 2.32. The predicted octanol–water partition coefficient (Wildman–Crippen LogP) is 2.92. The molecule has 1 aromatic carbocycles. The Morgan fingerprint density at radius 2 is 2.06 bits per heavy atom. The second-order valence-electron chi connectivity index (χ2n) is 8.63. The highest BCUT2D eigenvalue weighted by Crippen LogP contribution is 2.34. The molecule has 2 N–H and O–H groups in total. The zero-order chi connectivity index (χ0) is 24.7. The van der Waals surface area contributed by atoms with Crippen LogP contribution in [-0.2, 0) is 14.8 Å². The summed E-state index contributed by atoms with van der Waals surface area (Å²) in [4.78, 5) is 17.1. The van der Waals surface area contributed by atoms with Gasteiger partial charge in [-0.3, -0.25) is 0 Å². The van der Waals surface area contributed by atoms with Crippen molar-refractivity contribution in [1.29, 1.82) is 0 Å². The first-order chi connectivity index (χ1) is 16.0. The van der Waals surface area contributed by atoms with E-state index in [-0.39, 0.29) is 28.3 Å². The Morgan fingerprint density at radius 1 is 1.35 bits per heavy atom. The molecule has 10 nitrogen and oxygen atoms in total. The number of hydrogen-bond acceptors (Lipinski definition) is 9. The minimum absolute atomic E-state index is 0.0000273. The smallest absolute Gasteiger partial charge is 0.369 e. The van der Waals surface area contributed by atoms with Gasteiger partial charge in [0, 0.05) is 11.6 Å². The van der Waals surface area contributed by atoms with E-state index in [1.165, 1.54) is 17.7 Å². The fraction of sp³-hybridized carbons (Fsp3) is 0.500. The summed E-state index contributed by atoms with van der Waals surface area (Å²) < 4.78 is 41.3. The molecule has 4 rings (SSSR count). The molecule has 184 valence electrons. The number of imidazole rings is 1. The van der Waals surface area contributed by atoms with Gasteiger partial charge in [-0.1, -0.05) is 11.3 Å². The van der Waals surface area contributed by atoms with Gasteiger partial charge < -0.3 is 14.6 Å². The van der Waals surface area contributed by atoms with Crippen molar-refractivity contribution in [2.75, 3.05) is 13.7 Å². The van der Waals surface area contributed by atoms with Gasteiger partial charge in [0.1, 0.15) is 10.6 Å². The summed E-state index contributed by atoms with van der Waals surface area (Å²) in [6.45, 7) is 5.52. The molecule has 2 heterocycles. The van der Waals surface area contributed by atoms with E-state index in [1.54, 1.807) is 32.9 Å².